The van der Waals surface area contributed by atoms with Gasteiger partial charge in [-0.25, -0.2) is 0 Å². The van der Waals surface area contributed by atoms with Crippen LogP contribution in [0.15, 0.2) is 18.3 Å². The summed E-state index contributed by atoms with van der Waals surface area (Å²) in [5, 5.41) is 2.98. The van der Waals surface area contributed by atoms with Crippen LogP contribution in [0.1, 0.15) is 10.5 Å². The Labute approximate surface area is 95.4 Å². The van der Waals surface area contributed by atoms with Gasteiger partial charge in [-0.15, -0.1) is 0 Å². The zero-order valence-electron chi connectivity index (χ0n) is 9.86. The van der Waals surface area contributed by atoms with Gasteiger partial charge in [0.2, 0.25) is 0 Å². The van der Waals surface area contributed by atoms with Crippen LogP contribution in [0.25, 0.3) is 0 Å². The van der Waals surface area contributed by atoms with Crippen molar-refractivity contribution >= 4 is 5.91 Å². The second-order valence-corrected chi connectivity index (χ2v) is 3.53. The summed E-state index contributed by atoms with van der Waals surface area (Å²) in [5.41, 5.74) is 0.395. The number of ether oxygens (including phenoxy) is 1. The molecule has 0 fully saturated rings. The van der Waals surface area contributed by atoms with Gasteiger partial charge >= 0.3 is 0 Å². The fourth-order valence-electron chi connectivity index (χ4n) is 1.12. The minimum atomic E-state index is -0.126. The molecule has 0 radical (unpaired) electrons. The zero-order valence-corrected chi connectivity index (χ0v) is 9.86. The summed E-state index contributed by atoms with van der Waals surface area (Å²) in [4.78, 5) is 17.1. The van der Waals surface area contributed by atoms with Crippen molar-refractivity contribution in [2.24, 2.45) is 0 Å². The lowest BCUT2D eigenvalue weighted by Crippen LogP contribution is -2.22. The third-order valence-corrected chi connectivity index (χ3v) is 1.98. The van der Waals surface area contributed by atoms with Crippen molar-refractivity contribution < 1.29 is 9.53 Å². The Kier molecular flexibility index (Phi) is 4.72. The Morgan fingerprint density at radius 3 is 2.94 bits per heavy atom. The van der Waals surface area contributed by atoms with E-state index in [1.807, 2.05) is 7.05 Å². The molecule has 0 spiro atoms. The van der Waals surface area contributed by atoms with E-state index in [0.717, 1.165) is 6.54 Å². The number of amides is 1. The number of likely N-dealkylation sites (N-methyl/N-ethyl adjacent to an activating group) is 1. The predicted molar refractivity (Wildman–Crippen MR) is 61.7 cm³/mol. The molecule has 0 saturated carbocycles. The Bertz CT molecular complexity index is 353. The lowest BCUT2D eigenvalue weighted by molar-refractivity contribution is 0.0821. The van der Waals surface area contributed by atoms with E-state index in [1.165, 1.54) is 4.90 Å². The average molecular weight is 223 g/mol. The van der Waals surface area contributed by atoms with Gasteiger partial charge in [0.1, 0.15) is 18.1 Å². The molecule has 0 bridgehead atoms. The Balaban J connectivity index is 2.67. The molecule has 16 heavy (non-hydrogen) atoms. The lowest BCUT2D eigenvalue weighted by atomic mass is 10.3. The highest BCUT2D eigenvalue weighted by Crippen LogP contribution is 2.11. The fourth-order valence-corrected chi connectivity index (χ4v) is 1.12. The number of carbonyl (C=O) groups excluding carboxylic acids is 1. The van der Waals surface area contributed by atoms with Gasteiger partial charge in [0.25, 0.3) is 5.91 Å². The summed E-state index contributed by atoms with van der Waals surface area (Å²) < 4.78 is 5.44. The topological polar surface area (TPSA) is 54.5 Å². The highest BCUT2D eigenvalue weighted by atomic mass is 16.5. The molecule has 0 atom stereocenters. The molecule has 1 aromatic heterocycles. The minimum Gasteiger partial charge on any atom is -0.492 e. The molecule has 0 aromatic carbocycles. The molecule has 1 amide bonds. The molecule has 5 heteroatoms. The van der Waals surface area contributed by atoms with E-state index in [1.54, 1.807) is 32.4 Å². The molecule has 0 unspecified atom stereocenters. The number of nitrogens with one attached hydrogen (secondary N) is 1. The number of hydrogen-bond acceptors (Lipinski definition) is 4. The van der Waals surface area contributed by atoms with Gasteiger partial charge in [-0.05, 0) is 13.1 Å². The van der Waals surface area contributed by atoms with Crippen molar-refractivity contribution in [3.63, 3.8) is 0 Å². The first kappa shape index (κ1) is 12.4. The van der Waals surface area contributed by atoms with E-state index >= 15 is 0 Å². The van der Waals surface area contributed by atoms with Crippen molar-refractivity contribution in [3.8, 4) is 5.75 Å². The smallest absolute Gasteiger partial charge is 0.272 e. The second-order valence-electron chi connectivity index (χ2n) is 3.53. The van der Waals surface area contributed by atoms with Crippen molar-refractivity contribution in [1.82, 2.24) is 15.2 Å². The number of aromatic nitrogens is 1. The normalized spacial score (nSPS) is 9.94. The quantitative estimate of drug-likeness (QED) is 0.733. The molecular weight excluding hydrogens is 206 g/mol. The van der Waals surface area contributed by atoms with Crippen molar-refractivity contribution in [2.45, 2.75) is 0 Å². The lowest BCUT2D eigenvalue weighted by Gasteiger charge is -2.10. The van der Waals surface area contributed by atoms with Crippen LogP contribution in [-0.4, -0.2) is 50.1 Å². The Morgan fingerprint density at radius 1 is 1.56 bits per heavy atom. The SMILES string of the molecule is CNCCOc1ccnc(C(=O)N(C)C)c1. The largest absolute Gasteiger partial charge is 0.492 e. The third-order valence-electron chi connectivity index (χ3n) is 1.98. The van der Waals surface area contributed by atoms with Crippen molar-refractivity contribution in [1.29, 1.82) is 0 Å². The van der Waals surface area contributed by atoms with Crippen LogP contribution in [0.2, 0.25) is 0 Å². The van der Waals surface area contributed by atoms with Gasteiger partial charge in [-0.3, -0.25) is 9.78 Å². The molecule has 88 valence electrons. The van der Waals surface area contributed by atoms with E-state index in [9.17, 15) is 4.79 Å². The number of rotatable bonds is 5. The Hall–Kier alpha value is -1.62. The highest BCUT2D eigenvalue weighted by Gasteiger charge is 2.09. The van der Waals surface area contributed by atoms with E-state index in [2.05, 4.69) is 10.3 Å². The molecule has 1 N–H and O–H groups in total. The molecule has 0 saturated heterocycles. The third kappa shape index (κ3) is 3.51. The highest BCUT2D eigenvalue weighted by molar-refractivity contribution is 5.92. The predicted octanol–water partition coefficient (Wildman–Crippen LogP) is 0.382. The maximum atomic E-state index is 11.6. The van der Waals surface area contributed by atoms with Gasteiger partial charge in [-0.2, -0.15) is 0 Å². The molecule has 1 rings (SSSR count). The standard InChI is InChI=1S/C11H17N3O2/c1-12-6-7-16-9-4-5-13-10(8-9)11(15)14(2)3/h4-5,8,12H,6-7H2,1-3H3. The van der Waals surface area contributed by atoms with Crippen LogP contribution in [-0.2, 0) is 0 Å². The fraction of sp³-hybridized carbons (Fsp3) is 0.455. The van der Waals surface area contributed by atoms with Crippen LogP contribution in [0.3, 0.4) is 0 Å². The summed E-state index contributed by atoms with van der Waals surface area (Å²) in [5.74, 6) is 0.537. The number of pyridine rings is 1. The van der Waals surface area contributed by atoms with Crippen LogP contribution >= 0.6 is 0 Å². The second kappa shape index (κ2) is 6.07. The Morgan fingerprint density at radius 2 is 2.31 bits per heavy atom. The van der Waals surface area contributed by atoms with Gasteiger partial charge in [-0.1, -0.05) is 0 Å². The van der Waals surface area contributed by atoms with E-state index in [4.69, 9.17) is 4.74 Å². The molecule has 1 heterocycles. The molecular formula is C11H17N3O2. The van der Waals surface area contributed by atoms with Crippen LogP contribution in [0.5, 0.6) is 5.75 Å². The van der Waals surface area contributed by atoms with Crippen molar-refractivity contribution in [2.75, 3.05) is 34.3 Å². The molecule has 1 aromatic rings. The number of hydrogen-bond donors (Lipinski definition) is 1. The van der Waals surface area contributed by atoms with Gasteiger partial charge in [0.05, 0.1) is 0 Å². The van der Waals surface area contributed by atoms with Crippen LogP contribution < -0.4 is 10.1 Å². The summed E-state index contributed by atoms with van der Waals surface area (Å²) in [6.45, 7) is 1.33. The van der Waals surface area contributed by atoms with Gasteiger partial charge in [0.15, 0.2) is 0 Å². The first-order chi connectivity index (χ1) is 7.65. The summed E-state index contributed by atoms with van der Waals surface area (Å²) in [6, 6.07) is 3.39. The zero-order chi connectivity index (χ0) is 12.0. The van der Waals surface area contributed by atoms with Crippen molar-refractivity contribution in [3.05, 3.63) is 24.0 Å². The first-order valence-corrected chi connectivity index (χ1v) is 5.10. The van der Waals surface area contributed by atoms with Crippen LogP contribution in [0, 0.1) is 0 Å². The molecule has 5 nitrogen and oxygen atoms in total. The van der Waals surface area contributed by atoms with E-state index < -0.39 is 0 Å². The van der Waals surface area contributed by atoms with E-state index in [-0.39, 0.29) is 5.91 Å². The van der Waals surface area contributed by atoms with E-state index in [0.29, 0.717) is 18.1 Å². The molecule has 0 aliphatic heterocycles. The number of nitrogens with zero attached hydrogens (tertiary/aromatic N) is 2. The average Bonchev–Trinajstić information content (AvgIpc) is 2.29. The molecule has 0 aliphatic rings. The van der Waals surface area contributed by atoms with Crippen LogP contribution in [0.4, 0.5) is 0 Å². The number of carbonyl (C=O) groups is 1. The van der Waals surface area contributed by atoms with Gasteiger partial charge in [0, 0.05) is 32.9 Å². The van der Waals surface area contributed by atoms with Gasteiger partial charge < -0.3 is 15.0 Å². The maximum absolute atomic E-state index is 11.6. The monoisotopic (exact) mass is 223 g/mol. The summed E-state index contributed by atoms with van der Waals surface area (Å²) >= 11 is 0. The maximum Gasteiger partial charge on any atom is 0.272 e. The minimum absolute atomic E-state index is 0.126. The summed E-state index contributed by atoms with van der Waals surface area (Å²) in [6.07, 6.45) is 1.57. The molecule has 0 aliphatic carbocycles. The summed E-state index contributed by atoms with van der Waals surface area (Å²) in [7, 11) is 5.24. The first-order valence-electron chi connectivity index (χ1n) is 5.10.